The summed E-state index contributed by atoms with van der Waals surface area (Å²) in [7, 11) is 2.49. The third-order valence-electron chi connectivity index (χ3n) is 5.73. The van der Waals surface area contributed by atoms with Gasteiger partial charge < -0.3 is 24.3 Å². The summed E-state index contributed by atoms with van der Waals surface area (Å²) in [4.78, 5) is 12.3. The monoisotopic (exact) mass is 543 g/mol. The number of benzene rings is 3. The molecule has 0 spiro atoms. The number of nitrogens with one attached hydrogen (secondary N) is 1. The van der Waals surface area contributed by atoms with Gasteiger partial charge in [-0.25, -0.2) is 12.8 Å². The number of ketones is 1. The molecule has 0 aliphatic carbocycles. The first-order valence-corrected chi connectivity index (χ1v) is 13.4. The van der Waals surface area contributed by atoms with Crippen molar-refractivity contribution in [3.05, 3.63) is 89.4 Å². The predicted octanol–water partition coefficient (Wildman–Crippen LogP) is 4.83. The molecule has 0 amide bonds. The van der Waals surface area contributed by atoms with Gasteiger partial charge in [-0.2, -0.15) is 0 Å². The molecular weight excluding hydrogens is 513 g/mol. The van der Waals surface area contributed by atoms with Gasteiger partial charge >= 0.3 is 0 Å². The van der Waals surface area contributed by atoms with Crippen LogP contribution in [0.2, 0.25) is 0 Å². The lowest BCUT2D eigenvalue weighted by Crippen LogP contribution is -2.13. The number of allylic oxidation sites excluding steroid dienone is 1. The SMILES string of the molecule is COc1cc(OC)c(CCS(=O)(=O)Cc2ccc(OC)c(N/C=C\C(=O)c3ccc(F)cc3)c2)c(OC)c1. The first-order valence-electron chi connectivity index (χ1n) is 11.6. The molecule has 3 rings (SSSR count). The summed E-state index contributed by atoms with van der Waals surface area (Å²) in [6.45, 7) is 0. The molecule has 1 N–H and O–H groups in total. The van der Waals surface area contributed by atoms with Gasteiger partial charge in [-0.1, -0.05) is 6.07 Å². The van der Waals surface area contributed by atoms with Crippen molar-refractivity contribution in [3.63, 3.8) is 0 Å². The molecule has 3 aromatic rings. The van der Waals surface area contributed by atoms with E-state index in [-0.39, 0.29) is 23.7 Å². The zero-order valence-electron chi connectivity index (χ0n) is 21.6. The lowest BCUT2D eigenvalue weighted by Gasteiger charge is -2.15. The smallest absolute Gasteiger partial charge is 0.187 e. The van der Waals surface area contributed by atoms with Crippen LogP contribution in [0.25, 0.3) is 0 Å². The zero-order chi connectivity index (χ0) is 27.7. The second-order valence-electron chi connectivity index (χ2n) is 8.24. The topological polar surface area (TPSA) is 100 Å². The van der Waals surface area contributed by atoms with Crippen LogP contribution in [0.3, 0.4) is 0 Å². The third kappa shape index (κ3) is 7.48. The Balaban J connectivity index is 1.72. The Bertz CT molecular complexity index is 1380. The van der Waals surface area contributed by atoms with Crippen molar-refractivity contribution in [2.45, 2.75) is 12.2 Å². The Morgan fingerprint density at radius 2 is 1.50 bits per heavy atom. The van der Waals surface area contributed by atoms with E-state index >= 15 is 0 Å². The van der Waals surface area contributed by atoms with Crippen LogP contribution < -0.4 is 24.3 Å². The molecule has 0 atom stereocenters. The molecule has 0 heterocycles. The van der Waals surface area contributed by atoms with E-state index in [0.717, 1.165) is 0 Å². The van der Waals surface area contributed by atoms with Gasteiger partial charge in [0.1, 0.15) is 28.8 Å². The number of rotatable bonds is 13. The highest BCUT2D eigenvalue weighted by molar-refractivity contribution is 7.90. The van der Waals surface area contributed by atoms with Crippen LogP contribution >= 0.6 is 0 Å². The van der Waals surface area contributed by atoms with E-state index in [2.05, 4.69) is 5.32 Å². The highest BCUT2D eigenvalue weighted by Crippen LogP contribution is 2.35. The van der Waals surface area contributed by atoms with Crippen LogP contribution in [0.1, 0.15) is 21.5 Å². The van der Waals surface area contributed by atoms with Gasteiger partial charge in [0.15, 0.2) is 15.6 Å². The number of carbonyl (C=O) groups is 1. The summed E-state index contributed by atoms with van der Waals surface area (Å²) in [6, 6.07) is 13.5. The number of halogens is 1. The second kappa shape index (κ2) is 13.0. The first kappa shape index (κ1) is 28.5. The van der Waals surface area contributed by atoms with Gasteiger partial charge in [-0.05, 0) is 48.4 Å². The molecule has 8 nitrogen and oxygen atoms in total. The van der Waals surface area contributed by atoms with Crippen molar-refractivity contribution >= 4 is 21.3 Å². The van der Waals surface area contributed by atoms with Crippen LogP contribution in [0.5, 0.6) is 23.0 Å². The minimum Gasteiger partial charge on any atom is -0.496 e. The van der Waals surface area contributed by atoms with Crippen molar-refractivity contribution in [1.29, 1.82) is 0 Å². The van der Waals surface area contributed by atoms with Gasteiger partial charge in [0.25, 0.3) is 0 Å². The molecule has 0 fully saturated rings. The van der Waals surface area contributed by atoms with Crippen LogP contribution in [-0.2, 0) is 22.0 Å². The first-order chi connectivity index (χ1) is 18.2. The maximum Gasteiger partial charge on any atom is 0.187 e. The van der Waals surface area contributed by atoms with Crippen molar-refractivity contribution in [2.75, 3.05) is 39.5 Å². The minimum atomic E-state index is -3.52. The van der Waals surface area contributed by atoms with E-state index in [1.807, 2.05) is 0 Å². The molecular formula is C28H30FNO7S. The Kier molecular flexibility index (Phi) is 9.72. The molecule has 10 heteroatoms. The highest BCUT2D eigenvalue weighted by Gasteiger charge is 2.19. The lowest BCUT2D eigenvalue weighted by molar-refractivity contribution is 0.104. The van der Waals surface area contributed by atoms with Crippen molar-refractivity contribution in [1.82, 2.24) is 0 Å². The molecule has 0 unspecified atom stereocenters. The van der Waals surface area contributed by atoms with E-state index in [9.17, 15) is 17.6 Å². The molecule has 0 saturated carbocycles. The number of ether oxygens (including phenoxy) is 4. The normalized spacial score (nSPS) is 11.3. The van der Waals surface area contributed by atoms with E-state index < -0.39 is 15.7 Å². The summed E-state index contributed by atoms with van der Waals surface area (Å²) < 4.78 is 60.5. The Morgan fingerprint density at radius 1 is 0.868 bits per heavy atom. The second-order valence-corrected chi connectivity index (χ2v) is 10.4. The van der Waals surface area contributed by atoms with Crippen molar-refractivity contribution < 1.29 is 36.6 Å². The summed E-state index contributed by atoms with van der Waals surface area (Å²) >= 11 is 0. The zero-order valence-corrected chi connectivity index (χ0v) is 22.4. The van der Waals surface area contributed by atoms with E-state index in [0.29, 0.717) is 45.4 Å². The fourth-order valence-electron chi connectivity index (χ4n) is 3.78. The quantitative estimate of drug-likeness (QED) is 0.242. The predicted molar refractivity (Wildman–Crippen MR) is 144 cm³/mol. The van der Waals surface area contributed by atoms with Crippen molar-refractivity contribution in [3.8, 4) is 23.0 Å². The molecule has 0 radical (unpaired) electrons. The van der Waals surface area contributed by atoms with Crippen LogP contribution in [0.15, 0.2) is 66.9 Å². The molecule has 202 valence electrons. The van der Waals surface area contributed by atoms with Gasteiger partial charge in [0, 0.05) is 35.5 Å². The van der Waals surface area contributed by atoms with E-state index in [4.69, 9.17) is 18.9 Å². The third-order valence-corrected chi connectivity index (χ3v) is 7.33. The Morgan fingerprint density at radius 3 is 2.08 bits per heavy atom. The average molecular weight is 544 g/mol. The number of carbonyl (C=O) groups excluding carboxylic acids is 1. The molecule has 0 aliphatic heterocycles. The van der Waals surface area contributed by atoms with Gasteiger partial charge in [0.2, 0.25) is 0 Å². The average Bonchev–Trinajstić information content (AvgIpc) is 2.91. The largest absolute Gasteiger partial charge is 0.496 e. The maximum atomic E-state index is 13.1. The number of anilines is 1. The van der Waals surface area contributed by atoms with Crippen molar-refractivity contribution in [2.24, 2.45) is 0 Å². The number of hydrogen-bond donors (Lipinski definition) is 1. The number of sulfone groups is 1. The highest BCUT2D eigenvalue weighted by atomic mass is 32.2. The minimum absolute atomic E-state index is 0.132. The maximum absolute atomic E-state index is 13.1. The number of hydrogen-bond acceptors (Lipinski definition) is 8. The summed E-state index contributed by atoms with van der Waals surface area (Å²) in [6.07, 6.45) is 2.91. The number of methoxy groups -OCH3 is 4. The van der Waals surface area contributed by atoms with Gasteiger partial charge in [-0.3, -0.25) is 4.79 Å². The van der Waals surface area contributed by atoms with Crippen LogP contribution in [0, 0.1) is 5.82 Å². The van der Waals surface area contributed by atoms with E-state index in [1.54, 1.807) is 30.3 Å². The van der Waals surface area contributed by atoms with Crippen LogP contribution in [0.4, 0.5) is 10.1 Å². The summed E-state index contributed by atoms with van der Waals surface area (Å²) in [5, 5.41) is 2.96. The lowest BCUT2D eigenvalue weighted by atomic mass is 10.1. The molecule has 38 heavy (non-hydrogen) atoms. The molecule has 0 saturated heterocycles. The summed E-state index contributed by atoms with van der Waals surface area (Å²) in [5.41, 5.74) is 2.00. The standard InChI is InChI=1S/C28H30FNO7S/c1-34-22-16-27(36-3)23(28(17-22)37-4)12-14-38(32,33)18-19-5-10-26(35-2)24(15-19)30-13-11-25(31)20-6-8-21(29)9-7-20/h5-11,13,15-17,30H,12,14,18H2,1-4H3/b13-11-. The Labute approximate surface area is 221 Å². The van der Waals surface area contributed by atoms with Crippen LogP contribution in [-0.4, -0.2) is 48.4 Å². The molecule has 3 aromatic carbocycles. The molecule has 0 aliphatic rings. The fourth-order valence-corrected chi connectivity index (χ4v) is 5.13. The van der Waals surface area contributed by atoms with Gasteiger partial charge in [0.05, 0.1) is 45.6 Å². The van der Waals surface area contributed by atoms with E-state index in [1.165, 1.54) is 65.0 Å². The Hall–Kier alpha value is -4.05. The van der Waals surface area contributed by atoms with Gasteiger partial charge in [-0.15, -0.1) is 0 Å². The fraction of sp³-hybridized carbons (Fsp3) is 0.250. The molecule has 0 bridgehead atoms. The molecule has 0 aromatic heterocycles. The summed E-state index contributed by atoms with van der Waals surface area (Å²) in [5.74, 6) is 0.887.